The van der Waals surface area contributed by atoms with Crippen molar-refractivity contribution in [2.45, 2.75) is 44.1 Å². The van der Waals surface area contributed by atoms with Crippen LogP contribution in [-0.4, -0.2) is 28.8 Å². The van der Waals surface area contributed by atoms with Crippen LogP contribution in [-0.2, 0) is 0 Å². The van der Waals surface area contributed by atoms with Crippen LogP contribution in [0, 0.1) is 11.8 Å². The highest BCUT2D eigenvalue weighted by Gasteiger charge is 2.42. The summed E-state index contributed by atoms with van der Waals surface area (Å²) < 4.78 is 0. The van der Waals surface area contributed by atoms with Crippen LogP contribution >= 0.6 is 11.8 Å². The van der Waals surface area contributed by atoms with Crippen molar-refractivity contribution >= 4 is 11.8 Å². The van der Waals surface area contributed by atoms with Crippen molar-refractivity contribution in [3.05, 3.63) is 0 Å². The molecule has 0 aromatic carbocycles. The topological polar surface area (TPSA) is 46.2 Å². The number of hydrogen-bond donors (Lipinski definition) is 2. The Morgan fingerprint density at radius 1 is 1.20 bits per heavy atom. The standard InChI is InChI=1S/C12H23NOS/c13-8-12(14,11-5-6-11)9-15-7-10-3-1-2-4-10/h10-11,14H,1-9,13H2. The van der Waals surface area contributed by atoms with Gasteiger partial charge in [-0.05, 0) is 43.3 Å². The fourth-order valence-corrected chi connectivity index (χ4v) is 4.04. The van der Waals surface area contributed by atoms with Gasteiger partial charge in [-0.1, -0.05) is 12.8 Å². The third-order valence-corrected chi connectivity index (χ3v) is 5.28. The van der Waals surface area contributed by atoms with Gasteiger partial charge in [-0.2, -0.15) is 11.8 Å². The van der Waals surface area contributed by atoms with Crippen molar-refractivity contribution in [3.63, 3.8) is 0 Å². The molecular formula is C12H23NOS. The maximum absolute atomic E-state index is 10.3. The van der Waals surface area contributed by atoms with E-state index in [1.807, 2.05) is 11.8 Å². The second-order valence-corrected chi connectivity index (χ2v) is 6.28. The third-order valence-electron chi connectivity index (χ3n) is 3.87. The van der Waals surface area contributed by atoms with Gasteiger partial charge in [0, 0.05) is 12.3 Å². The Balaban J connectivity index is 1.66. The zero-order chi connectivity index (χ0) is 10.7. The molecule has 3 heteroatoms. The van der Waals surface area contributed by atoms with E-state index in [9.17, 15) is 5.11 Å². The van der Waals surface area contributed by atoms with Gasteiger partial charge in [0.1, 0.15) is 0 Å². The Labute approximate surface area is 97.0 Å². The summed E-state index contributed by atoms with van der Waals surface area (Å²) in [6.07, 6.45) is 7.98. The average molecular weight is 229 g/mol. The van der Waals surface area contributed by atoms with Crippen molar-refractivity contribution < 1.29 is 5.11 Å². The first-order chi connectivity index (χ1) is 7.24. The zero-order valence-electron chi connectivity index (χ0n) is 9.45. The van der Waals surface area contributed by atoms with Gasteiger partial charge in [0.05, 0.1) is 5.60 Å². The van der Waals surface area contributed by atoms with E-state index in [1.54, 1.807) is 0 Å². The molecule has 15 heavy (non-hydrogen) atoms. The van der Waals surface area contributed by atoms with E-state index >= 15 is 0 Å². The summed E-state index contributed by atoms with van der Waals surface area (Å²) in [5.41, 5.74) is 5.13. The Hall–Kier alpha value is 0.270. The van der Waals surface area contributed by atoms with E-state index < -0.39 is 5.60 Å². The summed E-state index contributed by atoms with van der Waals surface area (Å²) in [6.45, 7) is 0.440. The van der Waals surface area contributed by atoms with Crippen LogP contribution in [0.5, 0.6) is 0 Å². The molecule has 2 fully saturated rings. The average Bonchev–Trinajstić information content (AvgIpc) is 2.98. The summed E-state index contributed by atoms with van der Waals surface area (Å²) in [5, 5.41) is 10.3. The number of hydrogen-bond acceptors (Lipinski definition) is 3. The van der Waals surface area contributed by atoms with Gasteiger partial charge in [0.15, 0.2) is 0 Å². The van der Waals surface area contributed by atoms with Crippen LogP contribution in [0.3, 0.4) is 0 Å². The fourth-order valence-electron chi connectivity index (χ4n) is 2.54. The van der Waals surface area contributed by atoms with E-state index in [4.69, 9.17) is 5.73 Å². The van der Waals surface area contributed by atoms with Gasteiger partial charge < -0.3 is 10.8 Å². The summed E-state index contributed by atoms with van der Waals surface area (Å²) in [6, 6.07) is 0. The molecule has 2 aliphatic carbocycles. The van der Waals surface area contributed by atoms with Crippen LogP contribution in [0.15, 0.2) is 0 Å². The molecule has 0 heterocycles. The Bertz CT molecular complexity index is 202. The second kappa shape index (κ2) is 5.07. The van der Waals surface area contributed by atoms with Crippen molar-refractivity contribution in [2.75, 3.05) is 18.1 Å². The highest BCUT2D eigenvalue weighted by molar-refractivity contribution is 7.99. The highest BCUT2D eigenvalue weighted by Crippen LogP contribution is 2.41. The lowest BCUT2D eigenvalue weighted by molar-refractivity contribution is 0.0510. The van der Waals surface area contributed by atoms with Gasteiger partial charge in [0.2, 0.25) is 0 Å². The normalized spacial score (nSPS) is 26.8. The molecule has 0 aliphatic heterocycles. The predicted molar refractivity (Wildman–Crippen MR) is 66.0 cm³/mol. The van der Waals surface area contributed by atoms with Gasteiger partial charge >= 0.3 is 0 Å². The SMILES string of the molecule is NCC(O)(CSCC1CCCC1)C1CC1. The van der Waals surface area contributed by atoms with Gasteiger partial charge in [-0.25, -0.2) is 0 Å². The molecule has 0 aromatic rings. The minimum atomic E-state index is -0.552. The maximum atomic E-state index is 10.3. The van der Waals surface area contributed by atoms with Crippen LogP contribution in [0.25, 0.3) is 0 Å². The molecule has 2 saturated carbocycles. The predicted octanol–water partition coefficient (Wildman–Crippen LogP) is 2.01. The van der Waals surface area contributed by atoms with E-state index in [2.05, 4.69) is 0 Å². The highest BCUT2D eigenvalue weighted by atomic mass is 32.2. The van der Waals surface area contributed by atoms with Crippen LogP contribution in [0.2, 0.25) is 0 Å². The van der Waals surface area contributed by atoms with E-state index in [-0.39, 0.29) is 0 Å². The molecule has 0 saturated heterocycles. The lowest BCUT2D eigenvalue weighted by Crippen LogP contribution is -2.42. The fraction of sp³-hybridized carbons (Fsp3) is 1.00. The molecule has 0 aromatic heterocycles. The largest absolute Gasteiger partial charge is 0.387 e. The van der Waals surface area contributed by atoms with Crippen molar-refractivity contribution in [1.82, 2.24) is 0 Å². The minimum absolute atomic E-state index is 0.440. The summed E-state index contributed by atoms with van der Waals surface area (Å²) >= 11 is 1.92. The zero-order valence-corrected chi connectivity index (χ0v) is 10.3. The first-order valence-electron chi connectivity index (χ1n) is 6.25. The van der Waals surface area contributed by atoms with Crippen LogP contribution in [0.1, 0.15) is 38.5 Å². The van der Waals surface area contributed by atoms with Crippen LogP contribution in [0.4, 0.5) is 0 Å². The molecule has 0 bridgehead atoms. The Morgan fingerprint density at radius 3 is 2.40 bits per heavy atom. The molecule has 88 valence electrons. The van der Waals surface area contributed by atoms with Crippen molar-refractivity contribution in [1.29, 1.82) is 0 Å². The Kier molecular flexibility index (Phi) is 3.97. The molecule has 2 rings (SSSR count). The summed E-state index contributed by atoms with van der Waals surface area (Å²) in [4.78, 5) is 0. The molecule has 0 spiro atoms. The number of nitrogens with two attached hydrogens (primary N) is 1. The minimum Gasteiger partial charge on any atom is -0.387 e. The summed E-state index contributed by atoms with van der Waals surface area (Å²) in [5.74, 6) is 3.49. The molecule has 1 atom stereocenters. The van der Waals surface area contributed by atoms with Gasteiger partial charge in [-0.15, -0.1) is 0 Å². The third kappa shape index (κ3) is 3.11. The van der Waals surface area contributed by atoms with Gasteiger partial charge in [-0.3, -0.25) is 0 Å². The first kappa shape index (κ1) is 11.7. The number of aliphatic hydroxyl groups is 1. The van der Waals surface area contributed by atoms with E-state index in [1.165, 1.54) is 44.3 Å². The molecule has 0 amide bonds. The second-order valence-electron chi connectivity index (χ2n) is 5.25. The number of thioether (sulfide) groups is 1. The van der Waals surface area contributed by atoms with Crippen LogP contribution < -0.4 is 5.73 Å². The molecule has 2 aliphatic rings. The summed E-state index contributed by atoms with van der Waals surface area (Å²) in [7, 11) is 0. The quantitative estimate of drug-likeness (QED) is 0.732. The molecule has 3 N–H and O–H groups in total. The van der Waals surface area contributed by atoms with Crippen molar-refractivity contribution in [2.24, 2.45) is 17.6 Å². The number of rotatable bonds is 6. The molecule has 1 unspecified atom stereocenters. The lowest BCUT2D eigenvalue weighted by Gasteiger charge is -2.26. The van der Waals surface area contributed by atoms with Crippen molar-refractivity contribution in [3.8, 4) is 0 Å². The molecular weight excluding hydrogens is 206 g/mol. The van der Waals surface area contributed by atoms with E-state index in [0.717, 1.165) is 11.7 Å². The molecule has 0 radical (unpaired) electrons. The smallest absolute Gasteiger partial charge is 0.0887 e. The van der Waals surface area contributed by atoms with Gasteiger partial charge in [0.25, 0.3) is 0 Å². The lowest BCUT2D eigenvalue weighted by atomic mass is 10.0. The van der Waals surface area contributed by atoms with E-state index in [0.29, 0.717) is 12.5 Å². The Morgan fingerprint density at radius 2 is 1.87 bits per heavy atom. The first-order valence-corrected chi connectivity index (χ1v) is 7.40. The maximum Gasteiger partial charge on any atom is 0.0887 e. The molecule has 2 nitrogen and oxygen atoms in total. The monoisotopic (exact) mass is 229 g/mol.